The Hall–Kier alpha value is -1.74. The number of carbonyl (C=O) groups is 1. The van der Waals surface area contributed by atoms with Gasteiger partial charge in [0, 0.05) is 25.2 Å². The Balaban J connectivity index is 2.04. The van der Waals surface area contributed by atoms with Gasteiger partial charge in [0.2, 0.25) is 5.91 Å². The lowest BCUT2D eigenvalue weighted by atomic mass is 9.97. The fourth-order valence-electron chi connectivity index (χ4n) is 3.13. The van der Waals surface area contributed by atoms with Gasteiger partial charge in [-0.15, -0.1) is 0 Å². The standard InChI is InChI=1S/C18H20ClN3O3S2/c1-22-15-5-3-2-4-13(15)18(21-9-8-20-17(23)11-26)14-7-6-12(19)10-16(14)27(22,24)25/h2-7,10,18,21,26H,8-9,11H2,1H3,(H,20,23). The highest BCUT2D eigenvalue weighted by molar-refractivity contribution is 7.92. The van der Waals surface area contributed by atoms with Crippen molar-refractivity contribution in [3.05, 3.63) is 58.6 Å². The summed E-state index contributed by atoms with van der Waals surface area (Å²) in [4.78, 5) is 11.5. The van der Waals surface area contributed by atoms with Crippen molar-refractivity contribution < 1.29 is 13.2 Å². The fraction of sp³-hybridized carbons (Fsp3) is 0.278. The molecule has 3 rings (SSSR count). The number of fused-ring (bicyclic) bond motifs is 2. The topological polar surface area (TPSA) is 78.5 Å². The number of hydrogen-bond acceptors (Lipinski definition) is 5. The molecule has 1 aliphatic heterocycles. The third kappa shape index (κ3) is 3.94. The second-order valence-corrected chi connectivity index (χ2v) is 8.80. The number of anilines is 1. The van der Waals surface area contributed by atoms with Crippen LogP contribution in [0.5, 0.6) is 0 Å². The zero-order chi connectivity index (χ0) is 19.6. The first-order valence-corrected chi connectivity index (χ1v) is 10.8. The molecule has 0 aromatic heterocycles. The van der Waals surface area contributed by atoms with E-state index in [9.17, 15) is 13.2 Å². The predicted octanol–water partition coefficient (Wildman–Crippen LogP) is 2.20. The van der Waals surface area contributed by atoms with Crippen LogP contribution >= 0.6 is 24.2 Å². The first-order chi connectivity index (χ1) is 12.9. The average molecular weight is 426 g/mol. The molecule has 1 heterocycles. The second-order valence-electron chi connectivity index (χ2n) is 6.11. The summed E-state index contributed by atoms with van der Waals surface area (Å²) in [6.07, 6.45) is 0. The highest BCUT2D eigenvalue weighted by atomic mass is 35.5. The molecule has 0 aliphatic carbocycles. The molecule has 2 N–H and O–H groups in total. The van der Waals surface area contributed by atoms with Crippen LogP contribution in [-0.4, -0.2) is 40.2 Å². The summed E-state index contributed by atoms with van der Waals surface area (Å²) in [5, 5.41) is 6.46. The van der Waals surface area contributed by atoms with Crippen LogP contribution in [-0.2, 0) is 14.8 Å². The van der Waals surface area contributed by atoms with Crippen LogP contribution in [0.25, 0.3) is 0 Å². The van der Waals surface area contributed by atoms with Crippen molar-refractivity contribution in [1.82, 2.24) is 10.6 Å². The molecule has 6 nitrogen and oxygen atoms in total. The van der Waals surface area contributed by atoms with Gasteiger partial charge in [-0.3, -0.25) is 9.10 Å². The maximum atomic E-state index is 13.1. The number of rotatable bonds is 5. The summed E-state index contributed by atoms with van der Waals surface area (Å²) < 4.78 is 27.5. The van der Waals surface area contributed by atoms with E-state index < -0.39 is 10.0 Å². The number of nitrogens with zero attached hydrogens (tertiary/aromatic N) is 1. The molecule has 2 aromatic carbocycles. The molecule has 1 amide bonds. The van der Waals surface area contributed by atoms with E-state index >= 15 is 0 Å². The van der Waals surface area contributed by atoms with Gasteiger partial charge < -0.3 is 10.6 Å². The third-order valence-electron chi connectivity index (χ3n) is 4.45. The molecule has 1 aliphatic rings. The van der Waals surface area contributed by atoms with Gasteiger partial charge in [0.15, 0.2) is 0 Å². The highest BCUT2D eigenvalue weighted by Crippen LogP contribution is 2.40. The van der Waals surface area contributed by atoms with Gasteiger partial charge in [-0.05, 0) is 29.3 Å². The number of carbonyl (C=O) groups excluding carboxylic acids is 1. The van der Waals surface area contributed by atoms with Crippen molar-refractivity contribution in [3.8, 4) is 0 Å². The Bertz CT molecular complexity index is 966. The largest absolute Gasteiger partial charge is 0.354 e. The smallest absolute Gasteiger partial charge is 0.264 e. The minimum atomic E-state index is -3.74. The van der Waals surface area contributed by atoms with Crippen LogP contribution in [0.3, 0.4) is 0 Å². The van der Waals surface area contributed by atoms with Gasteiger partial charge in [-0.25, -0.2) is 8.42 Å². The molecule has 27 heavy (non-hydrogen) atoms. The Kier molecular flexibility index (Phi) is 6.00. The number of halogens is 1. The molecule has 144 valence electrons. The molecule has 0 saturated carbocycles. The SMILES string of the molecule is CN1c2ccccc2C(NCCNC(=O)CS)c2ccc(Cl)cc2S1(=O)=O. The Morgan fingerprint density at radius 1 is 1.19 bits per heavy atom. The predicted molar refractivity (Wildman–Crippen MR) is 110 cm³/mol. The van der Waals surface area contributed by atoms with Gasteiger partial charge in [0.1, 0.15) is 0 Å². The molecule has 0 radical (unpaired) electrons. The van der Waals surface area contributed by atoms with Crippen LogP contribution in [0.1, 0.15) is 17.2 Å². The lowest BCUT2D eigenvalue weighted by Gasteiger charge is -2.22. The van der Waals surface area contributed by atoms with Gasteiger partial charge in [0.25, 0.3) is 10.0 Å². The van der Waals surface area contributed by atoms with Crippen LogP contribution in [0.15, 0.2) is 47.4 Å². The lowest BCUT2D eigenvalue weighted by Crippen LogP contribution is -2.34. The lowest BCUT2D eigenvalue weighted by molar-refractivity contribution is -0.118. The van der Waals surface area contributed by atoms with Gasteiger partial charge in [-0.2, -0.15) is 12.6 Å². The molecule has 9 heteroatoms. The van der Waals surface area contributed by atoms with Crippen molar-refractivity contribution in [3.63, 3.8) is 0 Å². The quantitative estimate of drug-likeness (QED) is 0.507. The number of hydrogen-bond donors (Lipinski definition) is 3. The van der Waals surface area contributed by atoms with Gasteiger partial charge in [0.05, 0.1) is 22.4 Å². The highest BCUT2D eigenvalue weighted by Gasteiger charge is 2.34. The maximum absolute atomic E-state index is 13.1. The number of sulfonamides is 1. The maximum Gasteiger partial charge on any atom is 0.264 e. The van der Waals surface area contributed by atoms with E-state index in [2.05, 4.69) is 23.3 Å². The van der Waals surface area contributed by atoms with Crippen LogP contribution in [0.4, 0.5) is 5.69 Å². The normalized spacial score (nSPS) is 17.6. The van der Waals surface area contributed by atoms with E-state index in [1.165, 1.54) is 17.4 Å². The molecule has 0 spiro atoms. The molecular formula is C18H20ClN3O3S2. The van der Waals surface area contributed by atoms with E-state index in [4.69, 9.17) is 11.6 Å². The van der Waals surface area contributed by atoms with Crippen LogP contribution < -0.4 is 14.9 Å². The fourth-order valence-corrected chi connectivity index (χ4v) is 4.96. The zero-order valence-corrected chi connectivity index (χ0v) is 17.1. The summed E-state index contributed by atoms with van der Waals surface area (Å²) in [6, 6.07) is 11.9. The zero-order valence-electron chi connectivity index (χ0n) is 14.6. The van der Waals surface area contributed by atoms with Crippen molar-refractivity contribution in [2.24, 2.45) is 0 Å². The molecule has 1 atom stereocenters. The van der Waals surface area contributed by atoms with Crippen molar-refractivity contribution >= 4 is 45.8 Å². The second kappa shape index (κ2) is 8.10. The molecular weight excluding hydrogens is 406 g/mol. The van der Waals surface area contributed by atoms with E-state index in [0.717, 1.165) is 5.56 Å². The molecule has 0 saturated heterocycles. The van der Waals surface area contributed by atoms with E-state index in [1.54, 1.807) is 24.3 Å². The summed E-state index contributed by atoms with van der Waals surface area (Å²) in [5.74, 6) is -0.0349. The van der Waals surface area contributed by atoms with Crippen molar-refractivity contribution in [1.29, 1.82) is 0 Å². The van der Waals surface area contributed by atoms with Gasteiger partial charge in [-0.1, -0.05) is 35.9 Å². The summed E-state index contributed by atoms with van der Waals surface area (Å²) in [6.45, 7) is 0.869. The Labute approximate surface area is 169 Å². The minimum Gasteiger partial charge on any atom is -0.354 e. The van der Waals surface area contributed by atoms with Crippen LogP contribution in [0.2, 0.25) is 5.02 Å². The Morgan fingerprint density at radius 2 is 1.93 bits per heavy atom. The molecule has 0 bridgehead atoms. The molecule has 2 aromatic rings. The number of nitrogens with one attached hydrogen (secondary N) is 2. The Morgan fingerprint density at radius 3 is 2.67 bits per heavy atom. The van der Waals surface area contributed by atoms with Crippen molar-refractivity contribution in [2.75, 3.05) is 30.2 Å². The van der Waals surface area contributed by atoms with E-state index in [0.29, 0.717) is 29.4 Å². The first kappa shape index (κ1) is 20.0. The number of thiol groups is 1. The molecule has 0 fully saturated rings. The van der Waals surface area contributed by atoms with E-state index in [-0.39, 0.29) is 22.6 Å². The number of para-hydroxylation sites is 1. The van der Waals surface area contributed by atoms with Crippen LogP contribution in [0, 0.1) is 0 Å². The first-order valence-electron chi connectivity index (χ1n) is 8.34. The third-order valence-corrected chi connectivity index (χ3v) is 6.80. The van der Waals surface area contributed by atoms with Gasteiger partial charge >= 0.3 is 0 Å². The number of benzene rings is 2. The van der Waals surface area contributed by atoms with Crippen molar-refractivity contribution in [2.45, 2.75) is 10.9 Å². The minimum absolute atomic E-state index is 0.122. The number of amides is 1. The molecule has 1 unspecified atom stereocenters. The monoisotopic (exact) mass is 425 g/mol. The summed E-state index contributed by atoms with van der Waals surface area (Å²) in [7, 11) is -2.21. The van der Waals surface area contributed by atoms with E-state index in [1.807, 2.05) is 12.1 Å². The summed E-state index contributed by atoms with van der Waals surface area (Å²) in [5.41, 5.74) is 2.06. The average Bonchev–Trinajstić information content (AvgIpc) is 2.73. The summed E-state index contributed by atoms with van der Waals surface area (Å²) >= 11 is 10.0.